The second-order valence-corrected chi connectivity index (χ2v) is 7.04. The van der Waals surface area contributed by atoms with Gasteiger partial charge < -0.3 is 4.79 Å². The van der Waals surface area contributed by atoms with E-state index in [2.05, 4.69) is 6.92 Å². The largest absolute Gasteiger partial charge is 0.302 e. The maximum absolute atomic E-state index is 13.6. The molecule has 0 spiro atoms. The molecular formula is C23H29NO2. The van der Waals surface area contributed by atoms with Gasteiger partial charge in [0.05, 0.1) is 11.5 Å². The Bertz CT molecular complexity index is 655. The van der Waals surface area contributed by atoms with E-state index in [-0.39, 0.29) is 11.8 Å². The molecular weight excluding hydrogens is 322 g/mol. The van der Waals surface area contributed by atoms with Gasteiger partial charge >= 0.3 is 0 Å². The fourth-order valence-electron chi connectivity index (χ4n) is 3.50. The van der Waals surface area contributed by atoms with E-state index < -0.39 is 5.41 Å². The molecule has 0 N–H and O–H groups in total. The first kappa shape index (κ1) is 20.1. The second-order valence-electron chi connectivity index (χ2n) is 7.04. The Morgan fingerprint density at radius 1 is 1.00 bits per heavy atom. The van der Waals surface area contributed by atoms with Crippen LogP contribution in [0.3, 0.4) is 0 Å². The van der Waals surface area contributed by atoms with E-state index in [1.807, 2.05) is 79.7 Å². The fourth-order valence-corrected chi connectivity index (χ4v) is 3.50. The Labute approximate surface area is 157 Å². The molecule has 0 amide bonds. The highest BCUT2D eigenvalue weighted by Gasteiger charge is 2.43. The van der Waals surface area contributed by atoms with E-state index in [1.165, 1.54) is 0 Å². The molecule has 0 bridgehead atoms. The lowest BCUT2D eigenvalue weighted by molar-refractivity contribution is -0.124. The number of nitrogens with zero attached hydrogens (tertiary/aromatic N) is 1. The molecule has 2 aromatic rings. The van der Waals surface area contributed by atoms with Crippen molar-refractivity contribution >= 4 is 12.1 Å². The Morgan fingerprint density at radius 2 is 1.50 bits per heavy atom. The monoisotopic (exact) mass is 351 g/mol. The van der Waals surface area contributed by atoms with Crippen LogP contribution in [0.2, 0.25) is 0 Å². The van der Waals surface area contributed by atoms with Gasteiger partial charge in [-0.1, -0.05) is 74.0 Å². The van der Waals surface area contributed by atoms with Crippen molar-refractivity contribution in [1.82, 2.24) is 4.90 Å². The normalized spacial score (nSPS) is 12.8. The van der Waals surface area contributed by atoms with Crippen LogP contribution in [0.25, 0.3) is 0 Å². The predicted molar refractivity (Wildman–Crippen MR) is 106 cm³/mol. The van der Waals surface area contributed by atoms with Crippen LogP contribution in [-0.4, -0.2) is 37.1 Å². The lowest BCUT2D eigenvalue weighted by Gasteiger charge is -2.37. The second kappa shape index (κ2) is 9.44. The van der Waals surface area contributed by atoms with Gasteiger partial charge in [-0.3, -0.25) is 9.69 Å². The molecule has 0 aliphatic rings. The molecule has 1 unspecified atom stereocenters. The van der Waals surface area contributed by atoms with Crippen molar-refractivity contribution in [2.45, 2.75) is 44.1 Å². The predicted octanol–water partition coefficient (Wildman–Crippen LogP) is 4.25. The molecule has 2 rings (SSSR count). The number of carbonyl (C=O) groups is 2. The van der Waals surface area contributed by atoms with Crippen LogP contribution in [0.1, 0.15) is 43.7 Å². The summed E-state index contributed by atoms with van der Waals surface area (Å²) in [6, 6.07) is 19.5. The van der Waals surface area contributed by atoms with Gasteiger partial charge in [-0.25, -0.2) is 0 Å². The van der Waals surface area contributed by atoms with Crippen molar-refractivity contribution in [2.24, 2.45) is 0 Å². The van der Waals surface area contributed by atoms with Crippen LogP contribution in [0.5, 0.6) is 0 Å². The van der Waals surface area contributed by atoms with Gasteiger partial charge in [-0.05, 0) is 38.1 Å². The molecule has 3 nitrogen and oxygen atoms in total. The summed E-state index contributed by atoms with van der Waals surface area (Å²) >= 11 is 0. The molecule has 0 aliphatic heterocycles. The lowest BCUT2D eigenvalue weighted by atomic mass is 9.66. The van der Waals surface area contributed by atoms with Crippen molar-refractivity contribution in [3.05, 3.63) is 71.8 Å². The van der Waals surface area contributed by atoms with Gasteiger partial charge in [0.1, 0.15) is 12.1 Å². The molecule has 138 valence electrons. The maximum Gasteiger partial charge on any atom is 0.147 e. The summed E-state index contributed by atoms with van der Waals surface area (Å²) in [5, 5.41) is 0. The Kier molecular flexibility index (Phi) is 7.28. The summed E-state index contributed by atoms with van der Waals surface area (Å²) in [4.78, 5) is 27.2. The van der Waals surface area contributed by atoms with Crippen molar-refractivity contribution in [1.29, 1.82) is 0 Å². The minimum atomic E-state index is -0.812. The number of unbranched alkanes of at least 4 members (excludes halogenated alkanes) is 1. The van der Waals surface area contributed by atoms with E-state index in [1.54, 1.807) is 0 Å². The third kappa shape index (κ3) is 4.28. The highest BCUT2D eigenvalue weighted by molar-refractivity contribution is 5.94. The van der Waals surface area contributed by atoms with Gasteiger partial charge in [-0.2, -0.15) is 0 Å². The molecule has 0 aliphatic carbocycles. The zero-order valence-corrected chi connectivity index (χ0v) is 16.0. The summed E-state index contributed by atoms with van der Waals surface area (Å²) in [5.74, 6) is 0.186. The maximum atomic E-state index is 13.6. The minimum absolute atomic E-state index is 0.186. The van der Waals surface area contributed by atoms with Crippen molar-refractivity contribution in [3.63, 3.8) is 0 Å². The van der Waals surface area contributed by atoms with Crippen LogP contribution in [0, 0.1) is 0 Å². The smallest absolute Gasteiger partial charge is 0.147 e. The van der Waals surface area contributed by atoms with E-state index in [9.17, 15) is 9.59 Å². The third-order valence-corrected chi connectivity index (χ3v) is 5.10. The Morgan fingerprint density at radius 3 is 1.88 bits per heavy atom. The molecule has 0 radical (unpaired) electrons. The Hall–Kier alpha value is -2.26. The average molecular weight is 351 g/mol. The molecule has 2 aromatic carbocycles. The first-order valence-electron chi connectivity index (χ1n) is 9.32. The first-order valence-corrected chi connectivity index (χ1v) is 9.32. The average Bonchev–Trinajstić information content (AvgIpc) is 2.68. The summed E-state index contributed by atoms with van der Waals surface area (Å²) in [5.41, 5.74) is 1.11. The quantitative estimate of drug-likeness (QED) is 0.601. The molecule has 0 saturated heterocycles. The highest BCUT2D eigenvalue weighted by atomic mass is 16.1. The van der Waals surface area contributed by atoms with Crippen molar-refractivity contribution in [3.8, 4) is 0 Å². The molecule has 0 aromatic heterocycles. The summed E-state index contributed by atoms with van der Waals surface area (Å²) in [6.07, 6.45) is 3.73. The summed E-state index contributed by atoms with van der Waals surface area (Å²) in [6.45, 7) is 2.09. The molecule has 0 fully saturated rings. The number of ketones is 1. The fraction of sp³-hybridized carbons (Fsp3) is 0.391. The lowest BCUT2D eigenvalue weighted by Crippen LogP contribution is -2.44. The number of carbonyl (C=O) groups excluding carboxylic acids is 2. The zero-order valence-electron chi connectivity index (χ0n) is 16.0. The number of benzene rings is 2. The zero-order chi connectivity index (χ0) is 19.0. The van der Waals surface area contributed by atoms with Gasteiger partial charge in [0, 0.05) is 6.42 Å². The van der Waals surface area contributed by atoms with Gasteiger partial charge in [0.15, 0.2) is 0 Å². The van der Waals surface area contributed by atoms with E-state index >= 15 is 0 Å². The number of hydrogen-bond donors (Lipinski definition) is 0. The molecule has 26 heavy (non-hydrogen) atoms. The third-order valence-electron chi connectivity index (χ3n) is 5.10. The molecule has 1 atom stereocenters. The molecule has 0 saturated carbocycles. The van der Waals surface area contributed by atoms with E-state index in [0.717, 1.165) is 30.3 Å². The topological polar surface area (TPSA) is 37.4 Å². The number of rotatable bonds is 10. The Balaban J connectivity index is 2.66. The first-order chi connectivity index (χ1) is 12.6. The van der Waals surface area contributed by atoms with Gasteiger partial charge in [0.2, 0.25) is 0 Å². The van der Waals surface area contributed by atoms with Crippen LogP contribution in [-0.2, 0) is 15.0 Å². The van der Waals surface area contributed by atoms with Crippen LogP contribution in [0.4, 0.5) is 0 Å². The summed E-state index contributed by atoms with van der Waals surface area (Å²) in [7, 11) is 3.77. The van der Waals surface area contributed by atoms with E-state index in [4.69, 9.17) is 0 Å². The van der Waals surface area contributed by atoms with Crippen LogP contribution < -0.4 is 0 Å². The van der Waals surface area contributed by atoms with Crippen molar-refractivity contribution < 1.29 is 9.59 Å². The SMILES string of the molecule is CCCCC(=O)C(CC(C=O)N(C)C)(c1ccccc1)c1ccccc1. The van der Waals surface area contributed by atoms with Gasteiger partial charge in [-0.15, -0.1) is 0 Å². The summed E-state index contributed by atoms with van der Waals surface area (Å²) < 4.78 is 0. The molecule has 0 heterocycles. The number of Topliss-reactive ketones (excluding diaryl/α,β-unsaturated/α-hetero) is 1. The number of aldehydes is 1. The van der Waals surface area contributed by atoms with E-state index in [0.29, 0.717) is 12.8 Å². The standard InChI is InChI=1S/C23H29NO2/c1-4-5-16-22(26)23(17-21(18-25)24(2)3,19-12-8-6-9-13-19)20-14-10-7-11-15-20/h6-15,18,21H,4-5,16-17H2,1-3H3. The number of likely N-dealkylation sites (N-methyl/N-ethyl adjacent to an activating group) is 1. The highest BCUT2D eigenvalue weighted by Crippen LogP contribution is 2.39. The van der Waals surface area contributed by atoms with Crippen LogP contribution >= 0.6 is 0 Å². The van der Waals surface area contributed by atoms with Gasteiger partial charge in [0.25, 0.3) is 0 Å². The van der Waals surface area contributed by atoms with Crippen LogP contribution in [0.15, 0.2) is 60.7 Å². The van der Waals surface area contributed by atoms with Crippen molar-refractivity contribution in [2.75, 3.05) is 14.1 Å². The number of hydrogen-bond acceptors (Lipinski definition) is 3. The minimum Gasteiger partial charge on any atom is -0.302 e. The molecule has 3 heteroatoms.